The van der Waals surface area contributed by atoms with E-state index < -0.39 is 11.0 Å². The molecule has 0 unspecified atom stereocenters. The highest BCUT2D eigenvalue weighted by Gasteiger charge is 2.41. The number of nitrogens with zero attached hydrogens (tertiary/aromatic N) is 2. The van der Waals surface area contributed by atoms with E-state index in [0.717, 1.165) is 39.0 Å². The van der Waals surface area contributed by atoms with E-state index in [0.29, 0.717) is 36.2 Å². The van der Waals surface area contributed by atoms with Crippen molar-refractivity contribution in [1.29, 1.82) is 5.26 Å². The molecular weight excluding hydrogens is 490 g/mol. The van der Waals surface area contributed by atoms with E-state index in [-0.39, 0.29) is 18.0 Å². The van der Waals surface area contributed by atoms with Crippen molar-refractivity contribution in [2.24, 2.45) is 0 Å². The van der Waals surface area contributed by atoms with Crippen LogP contribution in [0.4, 0.5) is 4.79 Å². The summed E-state index contributed by atoms with van der Waals surface area (Å²) >= 11 is 0. The minimum absolute atomic E-state index is 0.0422. The Bertz CT molecular complexity index is 1580. The maximum atomic E-state index is 14.1. The monoisotopic (exact) mass is 525 g/mol. The molecule has 7 nitrogen and oxygen atoms in total. The van der Waals surface area contributed by atoms with E-state index >= 15 is 0 Å². The number of H-pyrrole nitrogens is 1. The molecule has 3 aromatic rings. The number of carbonyl (C=O) groups is 2. The number of rotatable bonds is 3. The van der Waals surface area contributed by atoms with Crippen molar-refractivity contribution in [2.45, 2.75) is 72.0 Å². The zero-order valence-corrected chi connectivity index (χ0v) is 23.7. The van der Waals surface area contributed by atoms with Crippen molar-refractivity contribution < 1.29 is 19.1 Å². The van der Waals surface area contributed by atoms with Crippen molar-refractivity contribution in [3.63, 3.8) is 0 Å². The molecule has 0 spiro atoms. The lowest BCUT2D eigenvalue weighted by molar-refractivity contribution is 0.0270. The van der Waals surface area contributed by atoms with Crippen LogP contribution >= 0.6 is 0 Å². The first-order valence-corrected chi connectivity index (χ1v) is 13.4. The van der Waals surface area contributed by atoms with Gasteiger partial charge in [0.15, 0.2) is 5.78 Å². The van der Waals surface area contributed by atoms with Gasteiger partial charge in [-0.3, -0.25) is 4.79 Å². The van der Waals surface area contributed by atoms with Crippen LogP contribution in [0.2, 0.25) is 0 Å². The summed E-state index contributed by atoms with van der Waals surface area (Å²) in [5.74, 6) is 0.687. The van der Waals surface area contributed by atoms with Crippen LogP contribution in [0.5, 0.6) is 5.75 Å². The summed E-state index contributed by atoms with van der Waals surface area (Å²) in [5, 5.41) is 10.2. The fourth-order valence-electron chi connectivity index (χ4n) is 5.53. The number of nitriles is 1. The molecule has 2 aliphatic rings. The number of amides is 1. The third-order valence-electron chi connectivity index (χ3n) is 7.39. The number of fused-ring (bicyclic) bond motifs is 4. The standard InChI is InChI=1S/C32H35N3O4/c1-18(2)38-26-16-24-23(15-22(26)20-10-12-35(13-11-20)30(37)39-31(3,4)5)28(36)27-21-9-8-19(17-33)14-25(21)34-29(27)32(24,6)7/h8-10,14-16,18,34H,11-13H2,1-7H3. The maximum absolute atomic E-state index is 14.1. The molecule has 1 aliphatic carbocycles. The van der Waals surface area contributed by atoms with Gasteiger partial charge in [0.2, 0.25) is 0 Å². The summed E-state index contributed by atoms with van der Waals surface area (Å²) in [5.41, 5.74) is 5.26. The fourth-order valence-corrected chi connectivity index (χ4v) is 5.53. The van der Waals surface area contributed by atoms with Gasteiger partial charge >= 0.3 is 6.09 Å². The molecule has 0 radical (unpaired) electrons. The summed E-state index contributed by atoms with van der Waals surface area (Å²) in [7, 11) is 0. The quantitative estimate of drug-likeness (QED) is 0.409. The molecule has 0 atom stereocenters. The summed E-state index contributed by atoms with van der Waals surface area (Å²) in [6, 6.07) is 11.6. The molecule has 0 bridgehead atoms. The molecule has 39 heavy (non-hydrogen) atoms. The molecule has 7 heteroatoms. The van der Waals surface area contributed by atoms with Crippen molar-refractivity contribution in [1.82, 2.24) is 9.88 Å². The van der Waals surface area contributed by atoms with Gasteiger partial charge < -0.3 is 19.4 Å². The highest BCUT2D eigenvalue weighted by Crippen LogP contribution is 2.47. The lowest BCUT2D eigenvalue weighted by Gasteiger charge is -2.34. The minimum atomic E-state index is -0.553. The molecule has 0 saturated heterocycles. The average molecular weight is 526 g/mol. The maximum Gasteiger partial charge on any atom is 0.410 e. The van der Waals surface area contributed by atoms with Crippen LogP contribution in [0, 0.1) is 11.3 Å². The zero-order valence-electron chi connectivity index (χ0n) is 23.7. The first kappa shape index (κ1) is 26.6. The van der Waals surface area contributed by atoms with Crippen LogP contribution in [-0.4, -0.2) is 46.6 Å². The van der Waals surface area contributed by atoms with E-state index in [9.17, 15) is 14.9 Å². The van der Waals surface area contributed by atoms with Crippen LogP contribution in [0.3, 0.4) is 0 Å². The van der Waals surface area contributed by atoms with Gasteiger partial charge in [-0.05, 0) is 76.4 Å². The molecule has 2 aromatic carbocycles. The normalized spacial score (nSPS) is 16.4. The third kappa shape index (κ3) is 4.69. The molecule has 5 rings (SSSR count). The number of carbonyl (C=O) groups excluding carboxylic acids is 2. The Balaban J connectivity index is 1.59. The molecule has 0 saturated carbocycles. The first-order chi connectivity index (χ1) is 18.3. The SMILES string of the molecule is CC(C)Oc1cc2c(cc1C1=CCN(C(=O)OC(C)(C)C)CC1)C(=O)c1c([nH]c3cc(C#N)ccc13)C2(C)C. The fraction of sp³-hybridized carbons (Fsp3) is 0.406. The van der Waals surface area contributed by atoms with Gasteiger partial charge in [-0.2, -0.15) is 5.26 Å². The highest BCUT2D eigenvalue weighted by molar-refractivity contribution is 6.20. The van der Waals surface area contributed by atoms with Gasteiger partial charge in [-0.25, -0.2) is 4.79 Å². The molecule has 1 aliphatic heterocycles. The van der Waals surface area contributed by atoms with Crippen LogP contribution in [0.1, 0.15) is 93.2 Å². The van der Waals surface area contributed by atoms with E-state index in [1.54, 1.807) is 17.0 Å². The van der Waals surface area contributed by atoms with Crippen molar-refractivity contribution in [3.05, 3.63) is 69.9 Å². The van der Waals surface area contributed by atoms with E-state index in [1.165, 1.54) is 0 Å². The number of ether oxygens (including phenoxy) is 2. The first-order valence-electron chi connectivity index (χ1n) is 13.4. The second-order valence-corrected chi connectivity index (χ2v) is 12.2. The van der Waals surface area contributed by atoms with Crippen LogP contribution in [0.25, 0.3) is 16.5 Å². The predicted molar refractivity (Wildman–Crippen MR) is 151 cm³/mol. The Morgan fingerprint density at radius 2 is 1.90 bits per heavy atom. The number of benzene rings is 2. The molecule has 202 valence electrons. The molecule has 1 amide bonds. The Labute approximate surface area is 229 Å². The number of aromatic nitrogens is 1. The number of hydrogen-bond donors (Lipinski definition) is 1. The largest absolute Gasteiger partial charge is 0.490 e. The second-order valence-electron chi connectivity index (χ2n) is 12.2. The Kier molecular flexibility index (Phi) is 6.33. The number of ketones is 1. The van der Waals surface area contributed by atoms with E-state index in [4.69, 9.17) is 9.47 Å². The third-order valence-corrected chi connectivity index (χ3v) is 7.39. The summed E-state index contributed by atoms with van der Waals surface area (Å²) in [4.78, 5) is 31.8. The molecule has 2 heterocycles. The Morgan fingerprint density at radius 1 is 1.15 bits per heavy atom. The van der Waals surface area contributed by atoms with Gasteiger partial charge in [0.25, 0.3) is 0 Å². The highest BCUT2D eigenvalue weighted by atomic mass is 16.6. The number of hydrogen-bond acceptors (Lipinski definition) is 5. The summed E-state index contributed by atoms with van der Waals surface area (Å²) < 4.78 is 11.9. The van der Waals surface area contributed by atoms with Crippen molar-refractivity contribution in [3.8, 4) is 11.8 Å². The molecule has 1 aromatic heterocycles. The molecule has 1 N–H and O–H groups in total. The van der Waals surface area contributed by atoms with Gasteiger partial charge in [-0.15, -0.1) is 0 Å². The van der Waals surface area contributed by atoms with Crippen LogP contribution in [-0.2, 0) is 10.2 Å². The smallest absolute Gasteiger partial charge is 0.410 e. The van der Waals surface area contributed by atoms with Crippen LogP contribution < -0.4 is 4.74 Å². The lowest BCUT2D eigenvalue weighted by Crippen LogP contribution is -2.39. The van der Waals surface area contributed by atoms with Crippen LogP contribution in [0.15, 0.2) is 36.4 Å². The van der Waals surface area contributed by atoms with Crippen molar-refractivity contribution in [2.75, 3.05) is 13.1 Å². The van der Waals surface area contributed by atoms with Crippen molar-refractivity contribution >= 4 is 28.4 Å². The topological polar surface area (TPSA) is 95.4 Å². The Hall–Kier alpha value is -4.05. The minimum Gasteiger partial charge on any atom is -0.490 e. The summed E-state index contributed by atoms with van der Waals surface area (Å²) in [6.45, 7) is 14.7. The lowest BCUT2D eigenvalue weighted by atomic mass is 9.70. The number of aromatic amines is 1. The van der Waals surface area contributed by atoms with Gasteiger partial charge in [0, 0.05) is 46.2 Å². The van der Waals surface area contributed by atoms with Gasteiger partial charge in [0.1, 0.15) is 11.4 Å². The molecular formula is C32H35N3O4. The van der Waals surface area contributed by atoms with Gasteiger partial charge in [0.05, 0.1) is 23.3 Å². The predicted octanol–water partition coefficient (Wildman–Crippen LogP) is 6.72. The zero-order chi connectivity index (χ0) is 28.3. The second kappa shape index (κ2) is 9.30. The van der Waals surface area contributed by atoms with E-state index in [1.807, 2.05) is 58.9 Å². The van der Waals surface area contributed by atoms with Gasteiger partial charge in [-0.1, -0.05) is 26.0 Å². The average Bonchev–Trinajstić information content (AvgIpc) is 3.26. The van der Waals surface area contributed by atoms with E-state index in [2.05, 4.69) is 24.9 Å². The molecule has 0 fully saturated rings. The Morgan fingerprint density at radius 3 is 2.51 bits per heavy atom. The number of nitrogens with one attached hydrogen (secondary N) is 1. The summed E-state index contributed by atoms with van der Waals surface area (Å²) in [6.07, 6.45) is 2.27.